The molecule has 0 atom stereocenters. The fraction of sp³-hybridized carbons (Fsp3) is 0.143. The molecule has 0 bridgehead atoms. The van der Waals surface area contributed by atoms with Crippen LogP contribution in [0.5, 0.6) is 0 Å². The Labute approximate surface area is 188 Å². The van der Waals surface area contributed by atoms with Gasteiger partial charge in [0.05, 0.1) is 22.5 Å². The number of halogens is 1. The van der Waals surface area contributed by atoms with Crippen molar-refractivity contribution in [3.05, 3.63) is 71.2 Å². The Hall–Kier alpha value is -3.50. The lowest BCUT2D eigenvalue weighted by Crippen LogP contribution is -2.24. The smallest absolute Gasteiger partial charge is 0.249 e. The standard InChI is InChI=1S/C21H18ClN5O4S/c1-13-6-8-14(9-7-13)17-10-23-21(24-17)25-18(28)11-32(29,30)12-19-26-27-20(31-19)15-4-2-3-5-16(15)22/h2-10H,11-12H2,1H3,(H2,23,24,25,28). The van der Waals surface area contributed by atoms with E-state index >= 15 is 0 Å². The van der Waals surface area contributed by atoms with Crippen molar-refractivity contribution in [2.24, 2.45) is 0 Å². The topological polar surface area (TPSA) is 131 Å². The van der Waals surface area contributed by atoms with E-state index < -0.39 is 27.3 Å². The zero-order valence-electron chi connectivity index (χ0n) is 16.9. The third-order valence-corrected chi connectivity index (χ3v) is 6.18. The number of imidazole rings is 1. The van der Waals surface area contributed by atoms with Crippen LogP contribution in [-0.4, -0.2) is 40.2 Å². The number of hydrogen-bond donors (Lipinski definition) is 2. The third kappa shape index (κ3) is 5.21. The van der Waals surface area contributed by atoms with Gasteiger partial charge in [-0.3, -0.25) is 10.1 Å². The van der Waals surface area contributed by atoms with Gasteiger partial charge in [-0.15, -0.1) is 10.2 Å². The highest BCUT2D eigenvalue weighted by atomic mass is 35.5. The summed E-state index contributed by atoms with van der Waals surface area (Å²) in [6.45, 7) is 1.98. The van der Waals surface area contributed by atoms with E-state index in [4.69, 9.17) is 16.0 Å². The van der Waals surface area contributed by atoms with Crippen LogP contribution in [0.3, 0.4) is 0 Å². The minimum absolute atomic E-state index is 0.101. The molecule has 2 N–H and O–H groups in total. The fourth-order valence-electron chi connectivity index (χ4n) is 2.93. The number of H-pyrrole nitrogens is 1. The van der Waals surface area contributed by atoms with E-state index in [2.05, 4.69) is 25.5 Å². The van der Waals surface area contributed by atoms with Crippen molar-refractivity contribution in [3.63, 3.8) is 0 Å². The third-order valence-electron chi connectivity index (χ3n) is 4.46. The lowest BCUT2D eigenvalue weighted by atomic mass is 10.1. The molecule has 0 saturated heterocycles. The second kappa shape index (κ2) is 8.93. The van der Waals surface area contributed by atoms with Crippen LogP contribution in [0, 0.1) is 6.92 Å². The van der Waals surface area contributed by atoms with Gasteiger partial charge in [0, 0.05) is 0 Å². The summed E-state index contributed by atoms with van der Waals surface area (Å²) < 4.78 is 30.3. The van der Waals surface area contributed by atoms with Crippen molar-refractivity contribution in [2.45, 2.75) is 12.7 Å². The second-order valence-corrected chi connectivity index (χ2v) is 9.54. The van der Waals surface area contributed by atoms with Crippen molar-refractivity contribution in [1.29, 1.82) is 0 Å². The van der Waals surface area contributed by atoms with Gasteiger partial charge in [0.1, 0.15) is 11.5 Å². The normalized spacial score (nSPS) is 11.4. The van der Waals surface area contributed by atoms with Crippen molar-refractivity contribution >= 4 is 33.3 Å². The predicted octanol–water partition coefficient (Wildman–Crippen LogP) is 3.64. The van der Waals surface area contributed by atoms with E-state index in [0.717, 1.165) is 11.1 Å². The largest absolute Gasteiger partial charge is 0.420 e. The molecule has 4 rings (SSSR count). The summed E-state index contributed by atoms with van der Waals surface area (Å²) >= 11 is 6.09. The Morgan fingerprint density at radius 2 is 1.88 bits per heavy atom. The Morgan fingerprint density at radius 3 is 2.62 bits per heavy atom. The molecule has 0 spiro atoms. The minimum atomic E-state index is -3.87. The monoisotopic (exact) mass is 471 g/mol. The average Bonchev–Trinajstić information content (AvgIpc) is 3.38. The molecule has 2 aromatic heterocycles. The van der Waals surface area contributed by atoms with Crippen LogP contribution in [0.25, 0.3) is 22.7 Å². The average molecular weight is 472 g/mol. The molecule has 0 fully saturated rings. The fourth-order valence-corrected chi connectivity index (χ4v) is 4.21. The Kier molecular flexibility index (Phi) is 6.06. The molecule has 0 saturated carbocycles. The second-order valence-electron chi connectivity index (χ2n) is 7.07. The molecule has 164 valence electrons. The summed E-state index contributed by atoms with van der Waals surface area (Å²) in [7, 11) is -3.87. The Bertz CT molecular complexity index is 1360. The molecule has 2 heterocycles. The molecule has 32 heavy (non-hydrogen) atoms. The predicted molar refractivity (Wildman–Crippen MR) is 120 cm³/mol. The summed E-state index contributed by atoms with van der Waals surface area (Å²) in [5.74, 6) is -1.96. The highest BCUT2D eigenvalue weighted by Crippen LogP contribution is 2.26. The zero-order chi connectivity index (χ0) is 22.7. The van der Waals surface area contributed by atoms with Gasteiger partial charge in [-0.25, -0.2) is 13.4 Å². The number of benzene rings is 2. The molecular formula is C21H18ClN5O4S. The Morgan fingerprint density at radius 1 is 1.12 bits per heavy atom. The quantitative estimate of drug-likeness (QED) is 0.420. The molecule has 0 radical (unpaired) electrons. The summed E-state index contributed by atoms with van der Waals surface area (Å²) in [6, 6.07) is 14.6. The van der Waals surface area contributed by atoms with Gasteiger partial charge < -0.3 is 9.40 Å². The minimum Gasteiger partial charge on any atom is -0.420 e. The number of nitrogens with zero attached hydrogens (tertiary/aromatic N) is 3. The van der Waals surface area contributed by atoms with Gasteiger partial charge in [-0.2, -0.15) is 0 Å². The summed E-state index contributed by atoms with van der Waals surface area (Å²) in [5.41, 5.74) is 3.19. The van der Waals surface area contributed by atoms with Crippen LogP contribution in [0.2, 0.25) is 5.02 Å². The van der Waals surface area contributed by atoms with E-state index in [-0.39, 0.29) is 17.7 Å². The highest BCUT2D eigenvalue weighted by molar-refractivity contribution is 7.91. The summed E-state index contributed by atoms with van der Waals surface area (Å²) in [4.78, 5) is 19.3. The highest BCUT2D eigenvalue weighted by Gasteiger charge is 2.22. The van der Waals surface area contributed by atoms with E-state index in [1.165, 1.54) is 0 Å². The first-order valence-corrected chi connectivity index (χ1v) is 11.7. The number of sulfone groups is 1. The SMILES string of the molecule is Cc1ccc(-c2cnc(NC(=O)CS(=O)(=O)Cc3nnc(-c4ccccc4Cl)o3)[nH]2)cc1. The number of nitrogens with one attached hydrogen (secondary N) is 2. The van der Waals surface area contributed by atoms with E-state index in [0.29, 0.717) is 16.3 Å². The maximum atomic E-state index is 12.4. The number of aromatic nitrogens is 4. The molecule has 2 aromatic carbocycles. The number of anilines is 1. The van der Waals surface area contributed by atoms with Gasteiger partial charge in [0.25, 0.3) is 0 Å². The zero-order valence-corrected chi connectivity index (χ0v) is 18.4. The number of hydrogen-bond acceptors (Lipinski definition) is 7. The summed E-state index contributed by atoms with van der Waals surface area (Å²) in [5, 5.41) is 10.4. The van der Waals surface area contributed by atoms with E-state index in [1.807, 2.05) is 31.2 Å². The number of aromatic amines is 1. The number of carbonyl (C=O) groups excluding carboxylic acids is 1. The van der Waals surface area contributed by atoms with Crippen LogP contribution in [-0.2, 0) is 20.4 Å². The van der Waals surface area contributed by atoms with Crippen molar-refractivity contribution < 1.29 is 17.6 Å². The van der Waals surface area contributed by atoms with Gasteiger partial charge >= 0.3 is 0 Å². The first-order chi connectivity index (χ1) is 15.3. The van der Waals surface area contributed by atoms with Crippen molar-refractivity contribution in [3.8, 4) is 22.7 Å². The van der Waals surface area contributed by atoms with Crippen LogP contribution in [0.1, 0.15) is 11.5 Å². The van der Waals surface area contributed by atoms with Gasteiger partial charge in [0.15, 0.2) is 9.84 Å². The van der Waals surface area contributed by atoms with Crippen LogP contribution in [0.4, 0.5) is 5.95 Å². The number of amides is 1. The van der Waals surface area contributed by atoms with Crippen molar-refractivity contribution in [1.82, 2.24) is 20.2 Å². The van der Waals surface area contributed by atoms with Crippen LogP contribution < -0.4 is 5.32 Å². The summed E-state index contributed by atoms with van der Waals surface area (Å²) in [6.07, 6.45) is 1.56. The van der Waals surface area contributed by atoms with Crippen molar-refractivity contribution in [2.75, 3.05) is 11.1 Å². The lowest BCUT2D eigenvalue weighted by Gasteiger charge is -2.03. The van der Waals surface area contributed by atoms with Gasteiger partial charge in [-0.1, -0.05) is 53.6 Å². The van der Waals surface area contributed by atoms with Gasteiger partial charge in [0.2, 0.25) is 23.6 Å². The first-order valence-electron chi connectivity index (χ1n) is 9.49. The number of rotatable bonds is 7. The van der Waals surface area contributed by atoms with E-state index in [1.54, 1.807) is 30.5 Å². The molecule has 0 unspecified atom stereocenters. The number of carbonyl (C=O) groups is 1. The molecule has 11 heteroatoms. The van der Waals surface area contributed by atoms with Crippen LogP contribution in [0.15, 0.2) is 59.1 Å². The Balaban J connectivity index is 1.38. The first kappa shape index (κ1) is 21.7. The maximum Gasteiger partial charge on any atom is 0.249 e. The number of aryl methyl sites for hydroxylation is 1. The molecule has 9 nitrogen and oxygen atoms in total. The molecule has 0 aliphatic heterocycles. The molecule has 0 aliphatic carbocycles. The van der Waals surface area contributed by atoms with Crippen LogP contribution >= 0.6 is 11.6 Å². The lowest BCUT2D eigenvalue weighted by molar-refractivity contribution is -0.113. The molecular weight excluding hydrogens is 454 g/mol. The van der Waals surface area contributed by atoms with Gasteiger partial charge in [-0.05, 0) is 24.6 Å². The molecule has 1 amide bonds. The molecule has 0 aliphatic rings. The van der Waals surface area contributed by atoms with E-state index in [9.17, 15) is 13.2 Å². The maximum absolute atomic E-state index is 12.4. The molecule has 4 aromatic rings.